The van der Waals surface area contributed by atoms with Gasteiger partial charge in [-0.2, -0.15) is 5.26 Å². The number of halogens is 1. The summed E-state index contributed by atoms with van der Waals surface area (Å²) < 4.78 is 0.982. The van der Waals surface area contributed by atoms with Crippen molar-refractivity contribution < 1.29 is 0 Å². The smallest absolute Gasteiger partial charge is 0.100 e. The summed E-state index contributed by atoms with van der Waals surface area (Å²) in [4.78, 5) is 0. The monoisotopic (exact) mass is 293 g/mol. The summed E-state index contributed by atoms with van der Waals surface area (Å²) in [5.74, 6) is 0. The number of hydrogen-bond donors (Lipinski definition) is 0. The van der Waals surface area contributed by atoms with Crippen LogP contribution in [0.4, 0.5) is 0 Å². The molecule has 17 heavy (non-hydrogen) atoms. The number of nitriles is 1. The highest BCUT2D eigenvalue weighted by atomic mass is 79.9. The molecule has 0 aliphatic rings. The van der Waals surface area contributed by atoms with Gasteiger partial charge in [-0.05, 0) is 40.4 Å². The average Bonchev–Trinajstić information content (AvgIpc) is 2.35. The van der Waals surface area contributed by atoms with E-state index in [1.807, 2.05) is 12.1 Å². The summed E-state index contributed by atoms with van der Waals surface area (Å²) in [6.45, 7) is 2.24. The van der Waals surface area contributed by atoms with Gasteiger partial charge in [0, 0.05) is 4.47 Å². The molecule has 0 aliphatic heterocycles. The molecule has 0 unspecified atom stereocenters. The first-order valence-corrected chi connectivity index (χ1v) is 7.26. The van der Waals surface area contributed by atoms with E-state index in [4.69, 9.17) is 5.26 Å². The molecular formula is C15H20BrN. The molecule has 1 nitrogen and oxygen atoms in total. The largest absolute Gasteiger partial charge is 0.192 e. The van der Waals surface area contributed by atoms with Gasteiger partial charge >= 0.3 is 0 Å². The molecule has 92 valence electrons. The molecule has 0 saturated heterocycles. The molecule has 1 aromatic carbocycles. The van der Waals surface area contributed by atoms with Crippen LogP contribution >= 0.6 is 15.9 Å². The van der Waals surface area contributed by atoms with Crippen molar-refractivity contribution in [3.8, 4) is 6.07 Å². The minimum Gasteiger partial charge on any atom is -0.192 e. The van der Waals surface area contributed by atoms with E-state index in [1.165, 1.54) is 44.1 Å². The standard InChI is InChI=1S/C15H20BrN/c1-2-3-4-5-6-7-9-13-10-8-11-14(12-17)15(13)16/h8,10-11H,2-7,9H2,1H3. The Labute approximate surface area is 113 Å². The minimum atomic E-state index is 0.744. The van der Waals surface area contributed by atoms with Crippen LogP contribution in [0, 0.1) is 11.3 Å². The van der Waals surface area contributed by atoms with E-state index in [2.05, 4.69) is 35.0 Å². The van der Waals surface area contributed by atoms with Gasteiger partial charge in [-0.1, -0.05) is 51.2 Å². The summed E-state index contributed by atoms with van der Waals surface area (Å²) in [5, 5.41) is 8.93. The molecule has 0 radical (unpaired) electrons. The van der Waals surface area contributed by atoms with Crippen molar-refractivity contribution >= 4 is 15.9 Å². The Bertz CT molecular complexity index is 379. The fraction of sp³-hybridized carbons (Fsp3) is 0.533. The van der Waals surface area contributed by atoms with Crippen molar-refractivity contribution in [2.45, 2.75) is 51.9 Å². The maximum atomic E-state index is 8.93. The average molecular weight is 294 g/mol. The summed E-state index contributed by atoms with van der Waals surface area (Å²) in [6, 6.07) is 8.14. The summed E-state index contributed by atoms with van der Waals surface area (Å²) >= 11 is 3.51. The van der Waals surface area contributed by atoms with Crippen LogP contribution in [0.2, 0.25) is 0 Å². The lowest BCUT2D eigenvalue weighted by molar-refractivity contribution is 0.607. The zero-order chi connectivity index (χ0) is 12.5. The number of aryl methyl sites for hydroxylation is 1. The Morgan fingerprint density at radius 2 is 1.82 bits per heavy atom. The van der Waals surface area contributed by atoms with Crippen molar-refractivity contribution in [3.63, 3.8) is 0 Å². The third-order valence-electron chi connectivity index (χ3n) is 3.00. The van der Waals surface area contributed by atoms with Crippen molar-refractivity contribution in [1.29, 1.82) is 5.26 Å². The van der Waals surface area contributed by atoms with Crippen molar-refractivity contribution in [1.82, 2.24) is 0 Å². The van der Waals surface area contributed by atoms with Crippen LogP contribution in [0.15, 0.2) is 22.7 Å². The molecular weight excluding hydrogens is 274 g/mol. The van der Waals surface area contributed by atoms with Crippen LogP contribution in [0.25, 0.3) is 0 Å². The first kappa shape index (κ1) is 14.3. The van der Waals surface area contributed by atoms with E-state index in [0.717, 1.165) is 16.5 Å². The lowest BCUT2D eigenvalue weighted by atomic mass is 10.0. The molecule has 0 spiro atoms. The van der Waals surface area contributed by atoms with Gasteiger partial charge in [0.2, 0.25) is 0 Å². The van der Waals surface area contributed by atoms with Gasteiger partial charge in [0.05, 0.1) is 5.56 Å². The molecule has 0 aliphatic carbocycles. The molecule has 0 fully saturated rings. The molecule has 1 aromatic rings. The van der Waals surface area contributed by atoms with Crippen LogP contribution < -0.4 is 0 Å². The molecule has 0 heterocycles. The lowest BCUT2D eigenvalue weighted by Gasteiger charge is -2.05. The second-order valence-electron chi connectivity index (χ2n) is 4.41. The molecule has 0 N–H and O–H groups in total. The van der Waals surface area contributed by atoms with Gasteiger partial charge in [0.25, 0.3) is 0 Å². The van der Waals surface area contributed by atoms with Gasteiger partial charge in [0.15, 0.2) is 0 Å². The Morgan fingerprint density at radius 3 is 2.53 bits per heavy atom. The fourth-order valence-electron chi connectivity index (χ4n) is 1.96. The second kappa shape index (κ2) is 8.31. The number of rotatable bonds is 7. The van der Waals surface area contributed by atoms with Crippen molar-refractivity contribution in [3.05, 3.63) is 33.8 Å². The third kappa shape index (κ3) is 4.91. The van der Waals surface area contributed by atoms with E-state index in [1.54, 1.807) is 0 Å². The number of nitrogens with zero attached hydrogens (tertiary/aromatic N) is 1. The molecule has 0 atom stereocenters. The van der Waals surface area contributed by atoms with E-state index < -0.39 is 0 Å². The van der Waals surface area contributed by atoms with Gasteiger partial charge in [-0.25, -0.2) is 0 Å². The van der Waals surface area contributed by atoms with E-state index in [-0.39, 0.29) is 0 Å². The predicted molar refractivity (Wildman–Crippen MR) is 75.9 cm³/mol. The Morgan fingerprint density at radius 1 is 1.12 bits per heavy atom. The van der Waals surface area contributed by atoms with Gasteiger partial charge < -0.3 is 0 Å². The maximum Gasteiger partial charge on any atom is 0.100 e. The van der Waals surface area contributed by atoms with Crippen molar-refractivity contribution in [2.75, 3.05) is 0 Å². The Balaban J connectivity index is 2.35. The minimum absolute atomic E-state index is 0.744. The van der Waals surface area contributed by atoms with Crippen LogP contribution in [0.5, 0.6) is 0 Å². The molecule has 0 bridgehead atoms. The SMILES string of the molecule is CCCCCCCCc1cccc(C#N)c1Br. The maximum absolute atomic E-state index is 8.93. The lowest BCUT2D eigenvalue weighted by Crippen LogP contribution is -1.90. The summed E-state index contributed by atoms with van der Waals surface area (Å²) in [7, 11) is 0. The van der Waals surface area contributed by atoms with Gasteiger partial charge in [0.1, 0.15) is 6.07 Å². The topological polar surface area (TPSA) is 23.8 Å². The molecule has 2 heteroatoms. The molecule has 0 aromatic heterocycles. The molecule has 1 rings (SSSR count). The molecule has 0 saturated carbocycles. The predicted octanol–water partition coefficient (Wildman–Crippen LogP) is 5.22. The van der Waals surface area contributed by atoms with Gasteiger partial charge in [-0.15, -0.1) is 0 Å². The van der Waals surface area contributed by atoms with E-state index in [0.29, 0.717) is 0 Å². The van der Waals surface area contributed by atoms with Crippen LogP contribution in [-0.2, 0) is 6.42 Å². The number of hydrogen-bond acceptors (Lipinski definition) is 1. The van der Waals surface area contributed by atoms with E-state index in [9.17, 15) is 0 Å². The van der Waals surface area contributed by atoms with Crippen molar-refractivity contribution in [2.24, 2.45) is 0 Å². The molecule has 0 amide bonds. The first-order chi connectivity index (χ1) is 8.29. The number of unbranched alkanes of at least 4 members (excludes halogenated alkanes) is 5. The first-order valence-electron chi connectivity index (χ1n) is 6.47. The number of benzene rings is 1. The Kier molecular flexibility index (Phi) is 6.96. The Hall–Kier alpha value is -0.810. The highest BCUT2D eigenvalue weighted by molar-refractivity contribution is 9.10. The van der Waals surface area contributed by atoms with Crippen LogP contribution in [0.3, 0.4) is 0 Å². The highest BCUT2D eigenvalue weighted by Gasteiger charge is 2.04. The third-order valence-corrected chi connectivity index (χ3v) is 3.94. The van der Waals surface area contributed by atoms with Crippen LogP contribution in [-0.4, -0.2) is 0 Å². The quantitative estimate of drug-likeness (QED) is 0.632. The second-order valence-corrected chi connectivity index (χ2v) is 5.20. The zero-order valence-corrected chi connectivity index (χ0v) is 12.1. The normalized spacial score (nSPS) is 10.2. The van der Waals surface area contributed by atoms with E-state index >= 15 is 0 Å². The summed E-state index contributed by atoms with van der Waals surface area (Å²) in [5.41, 5.74) is 2.01. The zero-order valence-electron chi connectivity index (χ0n) is 10.5. The highest BCUT2D eigenvalue weighted by Crippen LogP contribution is 2.23. The summed E-state index contributed by atoms with van der Waals surface area (Å²) in [6.07, 6.45) is 8.94. The van der Waals surface area contributed by atoms with Gasteiger partial charge in [-0.3, -0.25) is 0 Å². The fourth-order valence-corrected chi connectivity index (χ4v) is 2.51. The van der Waals surface area contributed by atoms with Crippen LogP contribution in [0.1, 0.15) is 56.6 Å².